The van der Waals surface area contributed by atoms with Gasteiger partial charge in [0.05, 0.1) is 12.0 Å². The molecule has 0 aliphatic carbocycles. The predicted octanol–water partition coefficient (Wildman–Crippen LogP) is 3.94. The molecule has 0 aliphatic heterocycles. The number of rotatable bonds is 6. The Morgan fingerprint density at radius 2 is 2.22 bits per heavy atom. The fraction of sp³-hybridized carbons (Fsp3) is 0.312. The van der Waals surface area contributed by atoms with Crippen LogP contribution in [0.2, 0.25) is 0 Å². The molecule has 0 heterocycles. The van der Waals surface area contributed by atoms with Crippen LogP contribution in [0, 0.1) is 6.92 Å². The van der Waals surface area contributed by atoms with E-state index in [-0.39, 0.29) is 0 Å². The molecular weight excluding hydrogens is 220 g/mol. The third kappa shape index (κ3) is 5.48. The van der Waals surface area contributed by atoms with Crippen molar-refractivity contribution >= 4 is 6.34 Å². The summed E-state index contributed by atoms with van der Waals surface area (Å²) >= 11 is 0. The minimum Gasteiger partial charge on any atom is -0.361 e. The standard InChI is InChI=1S/C16H22N2/c1-5-6-9-15(3)17-13-18(4)12-16-10-7-8-14(2)11-16/h6-11,13H,3,5,12H2,1-2,4H3/b9-6+,17-13?. The molecule has 18 heavy (non-hydrogen) atoms. The summed E-state index contributed by atoms with van der Waals surface area (Å²) in [5.41, 5.74) is 3.36. The minimum absolute atomic E-state index is 0.785. The topological polar surface area (TPSA) is 15.6 Å². The molecule has 96 valence electrons. The average Bonchev–Trinajstić information content (AvgIpc) is 2.34. The lowest BCUT2D eigenvalue weighted by molar-refractivity contribution is 0.515. The number of hydrogen-bond donors (Lipinski definition) is 0. The zero-order valence-corrected chi connectivity index (χ0v) is 11.6. The second-order valence-corrected chi connectivity index (χ2v) is 4.45. The number of aliphatic imine (C=N–C) groups is 1. The molecule has 1 rings (SSSR count). The lowest BCUT2D eigenvalue weighted by atomic mass is 10.1. The van der Waals surface area contributed by atoms with Crippen LogP contribution >= 0.6 is 0 Å². The van der Waals surface area contributed by atoms with E-state index in [1.165, 1.54) is 11.1 Å². The van der Waals surface area contributed by atoms with Crippen molar-refractivity contribution in [3.05, 3.63) is 59.8 Å². The molecule has 0 aromatic heterocycles. The van der Waals surface area contributed by atoms with E-state index in [0.717, 1.165) is 18.7 Å². The van der Waals surface area contributed by atoms with Gasteiger partial charge in [-0.1, -0.05) is 49.4 Å². The fourth-order valence-corrected chi connectivity index (χ4v) is 1.61. The maximum atomic E-state index is 4.30. The van der Waals surface area contributed by atoms with Crippen molar-refractivity contribution in [2.24, 2.45) is 4.99 Å². The second kappa shape index (κ2) is 7.49. The Hall–Kier alpha value is -1.83. The molecule has 1 aromatic carbocycles. The first-order chi connectivity index (χ1) is 8.61. The summed E-state index contributed by atoms with van der Waals surface area (Å²) in [5, 5.41) is 0. The van der Waals surface area contributed by atoms with E-state index >= 15 is 0 Å². The molecule has 0 saturated heterocycles. The smallest absolute Gasteiger partial charge is 0.0912 e. The molecule has 2 heteroatoms. The van der Waals surface area contributed by atoms with Gasteiger partial charge in [0.15, 0.2) is 0 Å². The highest BCUT2D eigenvalue weighted by Crippen LogP contribution is 2.06. The van der Waals surface area contributed by atoms with Gasteiger partial charge in [-0.05, 0) is 25.0 Å². The molecule has 0 atom stereocenters. The number of nitrogens with zero attached hydrogens (tertiary/aromatic N) is 2. The van der Waals surface area contributed by atoms with Crippen molar-refractivity contribution in [2.45, 2.75) is 26.8 Å². The molecule has 2 nitrogen and oxygen atoms in total. The Morgan fingerprint density at radius 1 is 1.44 bits per heavy atom. The van der Waals surface area contributed by atoms with Gasteiger partial charge in [0, 0.05) is 13.6 Å². The molecule has 0 amide bonds. The van der Waals surface area contributed by atoms with Crippen LogP contribution in [0.5, 0.6) is 0 Å². The summed E-state index contributed by atoms with van der Waals surface area (Å²) in [6.07, 6.45) is 6.83. The second-order valence-electron chi connectivity index (χ2n) is 4.45. The Morgan fingerprint density at radius 3 is 2.89 bits per heavy atom. The van der Waals surface area contributed by atoms with Crippen LogP contribution in [0.4, 0.5) is 0 Å². The quantitative estimate of drug-likeness (QED) is 0.419. The number of hydrogen-bond acceptors (Lipinski definition) is 1. The number of aryl methyl sites for hydroxylation is 1. The van der Waals surface area contributed by atoms with E-state index < -0.39 is 0 Å². The highest BCUT2D eigenvalue weighted by Gasteiger charge is 1.96. The Balaban J connectivity index is 2.51. The normalized spacial score (nSPS) is 11.3. The summed E-state index contributed by atoms with van der Waals surface area (Å²) in [5.74, 6) is 0. The largest absolute Gasteiger partial charge is 0.361 e. The monoisotopic (exact) mass is 242 g/mol. The van der Waals surface area contributed by atoms with Crippen LogP contribution in [0.1, 0.15) is 24.5 Å². The van der Waals surface area contributed by atoms with E-state index in [4.69, 9.17) is 0 Å². The van der Waals surface area contributed by atoms with Crippen LogP contribution in [-0.2, 0) is 6.54 Å². The molecule has 0 saturated carbocycles. The van der Waals surface area contributed by atoms with Crippen LogP contribution < -0.4 is 0 Å². The molecule has 0 aliphatic rings. The van der Waals surface area contributed by atoms with Gasteiger partial charge >= 0.3 is 0 Å². The van der Waals surface area contributed by atoms with Crippen molar-refractivity contribution < 1.29 is 0 Å². The highest BCUT2D eigenvalue weighted by molar-refractivity contribution is 5.57. The van der Waals surface area contributed by atoms with Gasteiger partial charge < -0.3 is 4.90 Å². The zero-order chi connectivity index (χ0) is 13.4. The van der Waals surface area contributed by atoms with E-state index in [0.29, 0.717) is 0 Å². The summed E-state index contributed by atoms with van der Waals surface area (Å²) in [7, 11) is 2.02. The first-order valence-electron chi connectivity index (χ1n) is 6.27. The Bertz CT molecular complexity index is 444. The van der Waals surface area contributed by atoms with E-state index in [1.54, 1.807) is 0 Å². The van der Waals surface area contributed by atoms with Crippen molar-refractivity contribution in [1.82, 2.24) is 4.90 Å². The molecule has 0 spiro atoms. The summed E-state index contributed by atoms with van der Waals surface area (Å²) in [4.78, 5) is 6.36. The molecule has 1 aromatic rings. The number of allylic oxidation sites excluding steroid dienone is 2. The van der Waals surface area contributed by atoms with E-state index in [9.17, 15) is 0 Å². The minimum atomic E-state index is 0.785. The maximum Gasteiger partial charge on any atom is 0.0912 e. The van der Waals surface area contributed by atoms with Gasteiger partial charge in [0.25, 0.3) is 0 Å². The Labute approximate surface area is 110 Å². The van der Waals surface area contributed by atoms with Crippen molar-refractivity contribution in [1.29, 1.82) is 0 Å². The lowest BCUT2D eigenvalue weighted by Gasteiger charge is -2.13. The summed E-state index contributed by atoms with van der Waals surface area (Å²) in [6, 6.07) is 8.51. The molecule has 0 fully saturated rings. The van der Waals surface area contributed by atoms with Gasteiger partial charge in [-0.3, -0.25) is 0 Å². The molecule has 0 N–H and O–H groups in total. The van der Waals surface area contributed by atoms with Crippen molar-refractivity contribution in [3.63, 3.8) is 0 Å². The van der Waals surface area contributed by atoms with Gasteiger partial charge in [0.1, 0.15) is 0 Å². The predicted molar refractivity (Wildman–Crippen MR) is 79.7 cm³/mol. The van der Waals surface area contributed by atoms with Gasteiger partial charge in [-0.25, -0.2) is 4.99 Å². The van der Waals surface area contributed by atoms with E-state index in [1.807, 2.05) is 19.5 Å². The van der Waals surface area contributed by atoms with Crippen LogP contribution in [0.3, 0.4) is 0 Å². The van der Waals surface area contributed by atoms with Gasteiger partial charge in [-0.15, -0.1) is 0 Å². The molecule has 0 bridgehead atoms. The van der Waals surface area contributed by atoms with Crippen LogP contribution in [-0.4, -0.2) is 18.3 Å². The zero-order valence-electron chi connectivity index (χ0n) is 11.6. The lowest BCUT2D eigenvalue weighted by Crippen LogP contribution is -2.15. The van der Waals surface area contributed by atoms with Crippen LogP contribution in [0.25, 0.3) is 0 Å². The van der Waals surface area contributed by atoms with Crippen LogP contribution in [0.15, 0.2) is 53.7 Å². The van der Waals surface area contributed by atoms with Crippen molar-refractivity contribution in [3.8, 4) is 0 Å². The third-order valence-corrected chi connectivity index (χ3v) is 2.48. The van der Waals surface area contributed by atoms with E-state index in [2.05, 4.69) is 60.7 Å². The number of benzene rings is 1. The molecule has 0 radical (unpaired) electrons. The van der Waals surface area contributed by atoms with Crippen molar-refractivity contribution in [2.75, 3.05) is 7.05 Å². The molecular formula is C16H22N2. The first kappa shape index (κ1) is 14.2. The van der Waals surface area contributed by atoms with Gasteiger partial charge in [0.2, 0.25) is 0 Å². The highest BCUT2D eigenvalue weighted by atomic mass is 15.1. The molecule has 0 unspecified atom stereocenters. The first-order valence-corrected chi connectivity index (χ1v) is 6.27. The SMILES string of the molecule is C=C(/C=C/CC)N=CN(C)Cc1cccc(C)c1. The Kier molecular flexibility index (Phi) is 5.92. The summed E-state index contributed by atoms with van der Waals surface area (Å²) < 4.78 is 0. The fourth-order valence-electron chi connectivity index (χ4n) is 1.61. The average molecular weight is 242 g/mol. The summed E-state index contributed by atoms with van der Waals surface area (Å²) in [6.45, 7) is 8.93. The third-order valence-electron chi connectivity index (χ3n) is 2.48. The van der Waals surface area contributed by atoms with Gasteiger partial charge in [-0.2, -0.15) is 0 Å². The maximum absolute atomic E-state index is 4.30.